The van der Waals surface area contributed by atoms with Gasteiger partial charge >= 0.3 is 0 Å². The van der Waals surface area contributed by atoms with Crippen LogP contribution < -0.4 is 5.32 Å². The molecule has 0 heterocycles. The third-order valence-electron chi connectivity index (χ3n) is 2.04. The van der Waals surface area contributed by atoms with Crippen LogP contribution in [0.15, 0.2) is 24.3 Å². The smallest absolute Gasteiger partial charge is 0.125 e. The minimum atomic E-state index is -0.216. The summed E-state index contributed by atoms with van der Waals surface area (Å²) in [6, 6.07) is 6.44. The molecular formula is C12H18FNO. The zero-order valence-electron chi connectivity index (χ0n) is 9.13. The lowest BCUT2D eigenvalue weighted by Gasteiger charge is -2.06. The molecule has 0 amide bonds. The number of nitrogens with one attached hydrogen (secondary N) is 1. The van der Waals surface area contributed by atoms with Gasteiger partial charge in [-0.2, -0.15) is 0 Å². The van der Waals surface area contributed by atoms with E-state index in [1.165, 1.54) is 12.1 Å². The number of hydrogen-bond acceptors (Lipinski definition) is 2. The lowest BCUT2D eigenvalue weighted by atomic mass is 10.3. The molecule has 0 spiro atoms. The predicted molar refractivity (Wildman–Crippen MR) is 60.6 cm³/mol. The maximum Gasteiger partial charge on any atom is 0.125 e. The standard InChI is InChI=1S/C12H18FNO/c1-2-3-8-15-9-7-14-12-6-4-5-11(13)10-12/h4-6,10,14H,2-3,7-9H2,1H3. The highest BCUT2D eigenvalue weighted by Crippen LogP contribution is 2.08. The fraction of sp³-hybridized carbons (Fsp3) is 0.500. The minimum absolute atomic E-state index is 0.216. The van der Waals surface area contributed by atoms with Crippen molar-refractivity contribution in [1.29, 1.82) is 0 Å². The molecule has 84 valence electrons. The van der Waals surface area contributed by atoms with E-state index in [4.69, 9.17) is 4.74 Å². The molecule has 2 nitrogen and oxygen atoms in total. The molecular weight excluding hydrogens is 193 g/mol. The van der Waals surface area contributed by atoms with Crippen LogP contribution in [-0.4, -0.2) is 19.8 Å². The molecule has 3 heteroatoms. The first-order chi connectivity index (χ1) is 7.33. The molecule has 0 unspecified atom stereocenters. The van der Waals surface area contributed by atoms with Gasteiger partial charge in [-0.1, -0.05) is 19.4 Å². The second-order valence-electron chi connectivity index (χ2n) is 3.40. The Morgan fingerprint density at radius 1 is 1.33 bits per heavy atom. The van der Waals surface area contributed by atoms with Gasteiger partial charge in [-0.05, 0) is 24.6 Å². The highest BCUT2D eigenvalue weighted by Gasteiger charge is 1.93. The molecule has 1 aromatic carbocycles. The van der Waals surface area contributed by atoms with Crippen LogP contribution in [-0.2, 0) is 4.74 Å². The Morgan fingerprint density at radius 2 is 2.20 bits per heavy atom. The molecule has 1 rings (SSSR count). The lowest BCUT2D eigenvalue weighted by molar-refractivity contribution is 0.141. The van der Waals surface area contributed by atoms with Gasteiger partial charge in [0.1, 0.15) is 5.82 Å². The van der Waals surface area contributed by atoms with Crippen LogP contribution in [0.1, 0.15) is 19.8 Å². The zero-order valence-corrected chi connectivity index (χ0v) is 9.13. The fourth-order valence-corrected chi connectivity index (χ4v) is 1.21. The first-order valence-electron chi connectivity index (χ1n) is 5.40. The summed E-state index contributed by atoms with van der Waals surface area (Å²) in [7, 11) is 0. The van der Waals surface area contributed by atoms with Gasteiger partial charge in [0.2, 0.25) is 0 Å². The SMILES string of the molecule is CCCCOCCNc1cccc(F)c1. The number of rotatable bonds is 7. The summed E-state index contributed by atoms with van der Waals surface area (Å²) in [5, 5.41) is 3.10. The Balaban J connectivity index is 2.10. The summed E-state index contributed by atoms with van der Waals surface area (Å²) in [6.07, 6.45) is 2.25. The highest BCUT2D eigenvalue weighted by atomic mass is 19.1. The second kappa shape index (κ2) is 7.23. The van der Waals surface area contributed by atoms with Crippen LogP contribution in [0.3, 0.4) is 0 Å². The van der Waals surface area contributed by atoms with Crippen LogP contribution >= 0.6 is 0 Å². The molecule has 1 N–H and O–H groups in total. The van der Waals surface area contributed by atoms with Crippen LogP contribution in [0.2, 0.25) is 0 Å². The van der Waals surface area contributed by atoms with Gasteiger partial charge in [-0.3, -0.25) is 0 Å². The molecule has 0 saturated carbocycles. The van der Waals surface area contributed by atoms with Crippen molar-refractivity contribution in [3.05, 3.63) is 30.1 Å². The molecule has 15 heavy (non-hydrogen) atoms. The minimum Gasteiger partial charge on any atom is -0.383 e. The number of anilines is 1. The average molecular weight is 211 g/mol. The first kappa shape index (κ1) is 12.0. The average Bonchev–Trinajstić information content (AvgIpc) is 2.23. The Labute approximate surface area is 90.4 Å². The van der Waals surface area contributed by atoms with Crippen LogP contribution in [0, 0.1) is 5.82 Å². The van der Waals surface area contributed by atoms with Crippen molar-refractivity contribution in [3.8, 4) is 0 Å². The van der Waals surface area contributed by atoms with E-state index in [2.05, 4.69) is 12.2 Å². The monoisotopic (exact) mass is 211 g/mol. The molecule has 0 atom stereocenters. The molecule has 0 saturated heterocycles. The van der Waals surface area contributed by atoms with Crippen molar-refractivity contribution in [2.24, 2.45) is 0 Å². The van der Waals surface area contributed by atoms with E-state index >= 15 is 0 Å². The maximum absolute atomic E-state index is 12.8. The number of hydrogen-bond donors (Lipinski definition) is 1. The van der Waals surface area contributed by atoms with Crippen LogP contribution in [0.5, 0.6) is 0 Å². The molecule has 0 aliphatic rings. The van der Waals surface area contributed by atoms with Crippen molar-refractivity contribution >= 4 is 5.69 Å². The van der Waals surface area contributed by atoms with E-state index in [1.54, 1.807) is 6.07 Å². The number of benzene rings is 1. The summed E-state index contributed by atoms with van der Waals surface area (Å²) in [5.41, 5.74) is 0.800. The Kier molecular flexibility index (Phi) is 5.78. The van der Waals surface area contributed by atoms with Crippen molar-refractivity contribution in [1.82, 2.24) is 0 Å². The van der Waals surface area contributed by atoms with E-state index in [-0.39, 0.29) is 5.82 Å². The quantitative estimate of drug-likeness (QED) is 0.700. The van der Waals surface area contributed by atoms with Crippen molar-refractivity contribution in [3.63, 3.8) is 0 Å². The van der Waals surface area contributed by atoms with E-state index in [0.717, 1.165) is 25.1 Å². The van der Waals surface area contributed by atoms with Crippen LogP contribution in [0.25, 0.3) is 0 Å². The number of halogens is 1. The van der Waals surface area contributed by atoms with Gasteiger partial charge in [0.05, 0.1) is 6.61 Å². The Bertz CT molecular complexity index is 278. The Morgan fingerprint density at radius 3 is 2.93 bits per heavy atom. The van der Waals surface area contributed by atoms with Gasteiger partial charge in [0.15, 0.2) is 0 Å². The third-order valence-corrected chi connectivity index (χ3v) is 2.04. The van der Waals surface area contributed by atoms with Crippen molar-refractivity contribution in [2.45, 2.75) is 19.8 Å². The van der Waals surface area contributed by atoms with Gasteiger partial charge in [0, 0.05) is 18.8 Å². The summed E-state index contributed by atoms with van der Waals surface area (Å²) < 4.78 is 18.1. The molecule has 0 aliphatic heterocycles. The maximum atomic E-state index is 12.8. The molecule has 0 radical (unpaired) electrons. The van der Waals surface area contributed by atoms with E-state index in [9.17, 15) is 4.39 Å². The highest BCUT2D eigenvalue weighted by molar-refractivity contribution is 5.42. The number of ether oxygens (including phenoxy) is 1. The molecule has 0 bridgehead atoms. The molecule has 0 aromatic heterocycles. The molecule has 0 aliphatic carbocycles. The van der Waals surface area contributed by atoms with Gasteiger partial charge in [-0.15, -0.1) is 0 Å². The topological polar surface area (TPSA) is 21.3 Å². The van der Waals surface area contributed by atoms with Gasteiger partial charge in [-0.25, -0.2) is 4.39 Å². The normalized spacial score (nSPS) is 10.3. The van der Waals surface area contributed by atoms with E-state index < -0.39 is 0 Å². The summed E-state index contributed by atoms with van der Waals surface area (Å²) in [4.78, 5) is 0. The molecule has 1 aromatic rings. The van der Waals surface area contributed by atoms with Crippen molar-refractivity contribution < 1.29 is 9.13 Å². The predicted octanol–water partition coefficient (Wildman–Crippen LogP) is 3.05. The second-order valence-corrected chi connectivity index (χ2v) is 3.40. The largest absolute Gasteiger partial charge is 0.383 e. The van der Waals surface area contributed by atoms with Crippen molar-refractivity contribution in [2.75, 3.05) is 25.1 Å². The fourth-order valence-electron chi connectivity index (χ4n) is 1.21. The summed E-state index contributed by atoms with van der Waals surface area (Å²) >= 11 is 0. The van der Waals surface area contributed by atoms with Crippen LogP contribution in [0.4, 0.5) is 10.1 Å². The Hall–Kier alpha value is -1.09. The molecule has 0 fully saturated rings. The summed E-state index contributed by atoms with van der Waals surface area (Å²) in [5.74, 6) is -0.216. The first-order valence-corrected chi connectivity index (χ1v) is 5.40. The van der Waals surface area contributed by atoms with Gasteiger partial charge < -0.3 is 10.1 Å². The van der Waals surface area contributed by atoms with E-state index in [0.29, 0.717) is 13.2 Å². The van der Waals surface area contributed by atoms with E-state index in [1.807, 2.05) is 6.07 Å². The van der Waals surface area contributed by atoms with Gasteiger partial charge in [0.25, 0.3) is 0 Å². The lowest BCUT2D eigenvalue weighted by Crippen LogP contribution is -2.09. The summed E-state index contributed by atoms with van der Waals surface area (Å²) in [6.45, 7) is 4.32. The number of unbranched alkanes of at least 4 members (excludes halogenated alkanes) is 1. The zero-order chi connectivity index (χ0) is 10.9. The third kappa shape index (κ3) is 5.37.